The molecule has 3 aromatic carbocycles. The summed E-state index contributed by atoms with van der Waals surface area (Å²) in [6.45, 7) is 7.50. The van der Waals surface area contributed by atoms with Gasteiger partial charge in [0.25, 0.3) is 5.91 Å². The van der Waals surface area contributed by atoms with E-state index in [0.717, 1.165) is 12.8 Å². The van der Waals surface area contributed by atoms with E-state index in [1.807, 2.05) is 39.0 Å². The van der Waals surface area contributed by atoms with E-state index in [1.54, 1.807) is 4.90 Å². The summed E-state index contributed by atoms with van der Waals surface area (Å²) in [5.41, 5.74) is -0.676. The van der Waals surface area contributed by atoms with Crippen molar-refractivity contribution in [1.29, 1.82) is 0 Å². The zero-order chi connectivity index (χ0) is 26.0. The molecule has 0 aliphatic carbocycles. The lowest BCUT2D eigenvalue weighted by atomic mass is 10.2. The second-order valence-electron chi connectivity index (χ2n) is 10.9. The van der Waals surface area contributed by atoms with Crippen LogP contribution in [0.25, 0.3) is 0 Å². The van der Waals surface area contributed by atoms with Crippen molar-refractivity contribution in [3.8, 4) is 0 Å². The summed E-state index contributed by atoms with van der Waals surface area (Å²) >= 11 is 0. The minimum atomic E-state index is -2.29. The summed E-state index contributed by atoms with van der Waals surface area (Å²) in [5.74, 6) is 0.209. The first-order valence-electron chi connectivity index (χ1n) is 13.1. The predicted octanol–water partition coefficient (Wildman–Crippen LogP) is 4.59. The van der Waals surface area contributed by atoms with Crippen molar-refractivity contribution in [2.24, 2.45) is 0 Å². The molecule has 0 spiro atoms. The van der Waals surface area contributed by atoms with Crippen molar-refractivity contribution in [2.45, 2.75) is 50.9 Å². The van der Waals surface area contributed by atoms with Gasteiger partial charge in [0.2, 0.25) is 0 Å². The van der Waals surface area contributed by atoms with Gasteiger partial charge in [-0.25, -0.2) is 4.79 Å². The third-order valence-corrected chi connectivity index (χ3v) is 12.2. The number of hydrogen-bond acceptors (Lipinski definition) is 3. The minimum absolute atomic E-state index is 0.0224. The SMILES string of the molecule is CC(C)(C)OC(=O)N1CC[C@H](N2CCC([P+](c3ccccc3)(c3ccccc3)c3ccccc3)C2=O)C1. The van der Waals surface area contributed by atoms with Crippen molar-refractivity contribution in [1.82, 2.24) is 9.80 Å². The Bertz CT molecular complexity index is 1130. The van der Waals surface area contributed by atoms with Crippen molar-refractivity contribution in [3.63, 3.8) is 0 Å². The second kappa shape index (κ2) is 10.3. The van der Waals surface area contributed by atoms with Crippen LogP contribution >= 0.6 is 7.26 Å². The highest BCUT2D eigenvalue weighted by molar-refractivity contribution is 7.96. The molecule has 5 nitrogen and oxygen atoms in total. The van der Waals surface area contributed by atoms with E-state index in [0.29, 0.717) is 19.6 Å². The highest BCUT2D eigenvalue weighted by atomic mass is 31.2. The number of carbonyl (C=O) groups is 2. The molecule has 0 radical (unpaired) electrons. The maximum Gasteiger partial charge on any atom is 0.410 e. The molecule has 1 unspecified atom stereocenters. The van der Waals surface area contributed by atoms with Gasteiger partial charge in [-0.3, -0.25) is 4.79 Å². The van der Waals surface area contributed by atoms with E-state index < -0.39 is 12.9 Å². The molecule has 2 fully saturated rings. The van der Waals surface area contributed by atoms with Crippen molar-refractivity contribution < 1.29 is 14.3 Å². The molecule has 2 amide bonds. The fourth-order valence-corrected chi connectivity index (χ4v) is 10.8. The van der Waals surface area contributed by atoms with Crippen molar-refractivity contribution in [2.75, 3.05) is 19.6 Å². The first kappa shape index (κ1) is 25.5. The van der Waals surface area contributed by atoms with Crippen molar-refractivity contribution >= 4 is 35.2 Å². The van der Waals surface area contributed by atoms with Crippen LogP contribution < -0.4 is 15.9 Å². The van der Waals surface area contributed by atoms with Crippen LogP contribution in [0.2, 0.25) is 0 Å². The Kier molecular flexibility index (Phi) is 7.09. The summed E-state index contributed by atoms with van der Waals surface area (Å²) < 4.78 is 5.60. The molecule has 0 aromatic heterocycles. The van der Waals surface area contributed by atoms with Crippen LogP contribution in [0.15, 0.2) is 91.0 Å². The Labute approximate surface area is 220 Å². The fourth-order valence-electron chi connectivity index (χ4n) is 5.87. The lowest BCUT2D eigenvalue weighted by molar-refractivity contribution is -0.129. The normalized spacial score (nSPS) is 20.4. The molecule has 0 N–H and O–H groups in total. The number of amides is 2. The van der Waals surface area contributed by atoms with Gasteiger partial charge in [-0.15, -0.1) is 0 Å². The number of hydrogen-bond donors (Lipinski definition) is 0. The van der Waals surface area contributed by atoms with E-state index in [9.17, 15) is 9.59 Å². The molecular formula is C31H36N2O3P+. The average molecular weight is 516 g/mol. The number of ether oxygens (including phenoxy) is 1. The Balaban J connectivity index is 1.51. The molecular weight excluding hydrogens is 479 g/mol. The highest BCUT2D eigenvalue weighted by Crippen LogP contribution is 2.62. The van der Waals surface area contributed by atoms with Crippen LogP contribution in [0, 0.1) is 0 Å². The largest absolute Gasteiger partial charge is 0.444 e. The first-order chi connectivity index (χ1) is 17.8. The van der Waals surface area contributed by atoms with Crippen molar-refractivity contribution in [3.05, 3.63) is 91.0 Å². The van der Waals surface area contributed by atoms with Crippen LogP contribution in [0.4, 0.5) is 4.79 Å². The fraction of sp³-hybridized carbons (Fsp3) is 0.355. The molecule has 0 saturated carbocycles. The van der Waals surface area contributed by atoms with Crippen LogP contribution in [0.1, 0.15) is 33.6 Å². The van der Waals surface area contributed by atoms with E-state index in [1.165, 1.54) is 15.9 Å². The Morgan fingerprint density at radius 3 is 1.73 bits per heavy atom. The second-order valence-corrected chi connectivity index (χ2v) is 14.6. The van der Waals surface area contributed by atoms with Gasteiger partial charge in [-0.2, -0.15) is 0 Å². The van der Waals surface area contributed by atoms with Gasteiger partial charge in [-0.1, -0.05) is 54.6 Å². The number of nitrogens with zero attached hydrogens (tertiary/aromatic N) is 2. The van der Waals surface area contributed by atoms with Gasteiger partial charge in [-0.05, 0) is 63.6 Å². The predicted molar refractivity (Wildman–Crippen MR) is 151 cm³/mol. The quantitative estimate of drug-likeness (QED) is 0.467. The lowest BCUT2D eigenvalue weighted by Crippen LogP contribution is -2.46. The summed E-state index contributed by atoms with van der Waals surface area (Å²) in [4.78, 5) is 30.9. The maximum absolute atomic E-state index is 14.4. The molecule has 5 rings (SSSR count). The zero-order valence-corrected chi connectivity index (χ0v) is 22.8. The van der Waals surface area contributed by atoms with E-state index in [-0.39, 0.29) is 23.7 Å². The molecule has 192 valence electrons. The number of likely N-dealkylation sites (tertiary alicyclic amines) is 2. The summed E-state index contributed by atoms with van der Waals surface area (Å²) in [6.07, 6.45) is 1.29. The molecule has 0 bridgehead atoms. The zero-order valence-electron chi connectivity index (χ0n) is 21.9. The van der Waals surface area contributed by atoms with Gasteiger partial charge in [0.05, 0.1) is 6.04 Å². The number of benzene rings is 3. The molecule has 3 aromatic rings. The van der Waals surface area contributed by atoms with Gasteiger partial charge in [0.1, 0.15) is 28.8 Å². The Morgan fingerprint density at radius 1 is 0.784 bits per heavy atom. The molecule has 2 aliphatic heterocycles. The van der Waals surface area contributed by atoms with Gasteiger partial charge >= 0.3 is 6.09 Å². The standard InChI is InChI=1S/C31H36N2O3P/c1-31(2,3)36-30(35)32-21-19-24(23-32)33-22-20-28(29(33)34)37(25-13-7-4-8-14-25,26-15-9-5-10-16-26)27-17-11-6-12-18-27/h4-18,24,28H,19-23H2,1-3H3/q+1/t24-,28?/m0/s1. The molecule has 6 heteroatoms. The third kappa shape index (κ3) is 4.90. The van der Waals surface area contributed by atoms with E-state index >= 15 is 0 Å². The van der Waals surface area contributed by atoms with E-state index in [2.05, 4.69) is 77.7 Å². The topological polar surface area (TPSA) is 49.9 Å². The molecule has 2 heterocycles. The summed E-state index contributed by atoms with van der Waals surface area (Å²) in [5, 5.41) is 3.69. The average Bonchev–Trinajstić information content (AvgIpc) is 3.53. The summed E-state index contributed by atoms with van der Waals surface area (Å²) in [7, 11) is -2.29. The number of rotatable bonds is 5. The van der Waals surface area contributed by atoms with Gasteiger partial charge in [0.15, 0.2) is 5.66 Å². The third-order valence-electron chi connectivity index (χ3n) is 7.43. The summed E-state index contributed by atoms with van der Waals surface area (Å²) in [6, 6.07) is 31.9. The molecule has 37 heavy (non-hydrogen) atoms. The molecule has 2 aliphatic rings. The Hall–Kier alpha value is -3.17. The minimum Gasteiger partial charge on any atom is -0.444 e. The Morgan fingerprint density at radius 2 is 1.27 bits per heavy atom. The molecule has 2 saturated heterocycles. The maximum atomic E-state index is 14.4. The van der Waals surface area contributed by atoms with Crippen LogP contribution in [0.5, 0.6) is 0 Å². The smallest absolute Gasteiger partial charge is 0.410 e. The van der Waals surface area contributed by atoms with Crippen LogP contribution in [-0.4, -0.2) is 58.7 Å². The van der Waals surface area contributed by atoms with E-state index in [4.69, 9.17) is 4.74 Å². The van der Waals surface area contributed by atoms with Crippen LogP contribution in [0.3, 0.4) is 0 Å². The van der Waals surface area contributed by atoms with Crippen LogP contribution in [-0.2, 0) is 9.53 Å². The first-order valence-corrected chi connectivity index (χ1v) is 15.0. The highest BCUT2D eigenvalue weighted by Gasteiger charge is 2.59. The lowest BCUT2D eigenvalue weighted by Gasteiger charge is -2.32. The van der Waals surface area contributed by atoms with Gasteiger partial charge in [0, 0.05) is 26.1 Å². The van der Waals surface area contributed by atoms with Gasteiger partial charge < -0.3 is 14.5 Å². The molecule has 2 atom stereocenters. The number of carbonyl (C=O) groups excluding carboxylic acids is 2. The monoisotopic (exact) mass is 515 g/mol.